The van der Waals surface area contributed by atoms with Crippen LogP contribution in [0.25, 0.3) is 11.0 Å². The van der Waals surface area contributed by atoms with Crippen molar-refractivity contribution in [2.45, 2.75) is 31.9 Å². The summed E-state index contributed by atoms with van der Waals surface area (Å²) in [6, 6.07) is 7.40. The van der Waals surface area contributed by atoms with Gasteiger partial charge >= 0.3 is 0 Å². The highest BCUT2D eigenvalue weighted by atomic mass is 32.1. The van der Waals surface area contributed by atoms with Gasteiger partial charge < -0.3 is 14.4 Å². The van der Waals surface area contributed by atoms with E-state index in [0.29, 0.717) is 17.3 Å². The molecule has 1 fully saturated rings. The van der Waals surface area contributed by atoms with Gasteiger partial charge in [0.2, 0.25) is 0 Å². The number of hydrogen-bond donors (Lipinski definition) is 1. The lowest BCUT2D eigenvalue weighted by molar-refractivity contribution is 0.0461. The Morgan fingerprint density at radius 2 is 2.29 bits per heavy atom. The summed E-state index contributed by atoms with van der Waals surface area (Å²) in [5.74, 6) is 0.219. The number of aliphatic hydroxyl groups is 1. The van der Waals surface area contributed by atoms with Gasteiger partial charge in [-0.3, -0.25) is 4.79 Å². The van der Waals surface area contributed by atoms with E-state index in [9.17, 15) is 9.90 Å². The molecule has 1 aliphatic rings. The van der Waals surface area contributed by atoms with Crippen LogP contribution in [0.3, 0.4) is 0 Å². The van der Waals surface area contributed by atoms with Crippen LogP contribution in [-0.2, 0) is 0 Å². The molecule has 2 aromatic heterocycles. The Balaban J connectivity index is 1.66. The average molecular weight is 342 g/mol. The Hall–Kier alpha value is -2.18. The first-order valence-electron chi connectivity index (χ1n) is 8.03. The number of fused-ring (bicyclic) bond motifs is 1. The summed E-state index contributed by atoms with van der Waals surface area (Å²) in [6.07, 6.45) is 2.57. The summed E-state index contributed by atoms with van der Waals surface area (Å²) >= 11 is 1.41. The maximum Gasteiger partial charge on any atom is 0.290 e. The largest absolute Gasteiger partial charge is 0.451 e. The number of likely N-dealkylation sites (tertiary alicyclic amines) is 1. The zero-order chi connectivity index (χ0) is 16.7. The fourth-order valence-electron chi connectivity index (χ4n) is 3.43. The fourth-order valence-corrected chi connectivity index (χ4v) is 4.11. The molecular formula is C18H18N2O3S. The molecular weight excluding hydrogens is 324 g/mol. The van der Waals surface area contributed by atoms with Gasteiger partial charge in [0, 0.05) is 29.1 Å². The summed E-state index contributed by atoms with van der Waals surface area (Å²) in [5.41, 5.74) is 1.57. The molecule has 0 bridgehead atoms. The molecule has 4 rings (SSSR count). The maximum atomic E-state index is 13.0. The number of carbonyl (C=O) groups is 1. The predicted octanol–water partition coefficient (Wildman–Crippen LogP) is 3.54. The van der Waals surface area contributed by atoms with E-state index in [1.165, 1.54) is 11.3 Å². The predicted molar refractivity (Wildman–Crippen MR) is 92.1 cm³/mol. The number of carbonyl (C=O) groups excluding carboxylic acids is 1. The highest BCUT2D eigenvalue weighted by Gasteiger charge is 2.37. The van der Waals surface area contributed by atoms with Crippen LogP contribution < -0.4 is 0 Å². The summed E-state index contributed by atoms with van der Waals surface area (Å²) in [5, 5.41) is 14.1. The highest BCUT2D eigenvalue weighted by molar-refractivity contribution is 7.09. The van der Waals surface area contributed by atoms with Crippen LogP contribution in [0.1, 0.15) is 40.1 Å². The Kier molecular flexibility index (Phi) is 3.86. The van der Waals surface area contributed by atoms with Crippen molar-refractivity contribution in [1.82, 2.24) is 9.88 Å². The Morgan fingerprint density at radius 1 is 1.46 bits per heavy atom. The second kappa shape index (κ2) is 6.03. The minimum atomic E-state index is -0.749. The van der Waals surface area contributed by atoms with E-state index in [-0.39, 0.29) is 11.9 Å². The van der Waals surface area contributed by atoms with Crippen molar-refractivity contribution in [3.63, 3.8) is 0 Å². The normalized spacial score (nSPS) is 19.1. The molecule has 3 heterocycles. The number of amides is 1. The molecule has 6 heteroatoms. The van der Waals surface area contributed by atoms with Gasteiger partial charge in [0.05, 0.1) is 6.04 Å². The molecule has 0 unspecified atom stereocenters. The smallest absolute Gasteiger partial charge is 0.290 e. The standard InChI is InChI=1S/C18H18N2O3S/c1-11-12-5-2-3-7-14(12)23-16(11)18(22)20-9-4-6-13(20)15(21)17-19-8-10-24-17/h2-3,5,7-8,10,13,15,21H,4,6,9H2,1H3/t13-,15-/m0/s1. The van der Waals surface area contributed by atoms with Gasteiger partial charge in [-0.2, -0.15) is 0 Å². The molecule has 1 aliphatic heterocycles. The van der Waals surface area contributed by atoms with Crippen molar-refractivity contribution in [3.8, 4) is 0 Å². The van der Waals surface area contributed by atoms with Crippen molar-refractivity contribution in [2.24, 2.45) is 0 Å². The van der Waals surface area contributed by atoms with E-state index < -0.39 is 6.10 Å². The number of furan rings is 1. The Labute approximate surface area is 143 Å². The van der Waals surface area contributed by atoms with Crippen LogP contribution in [-0.4, -0.2) is 33.5 Å². The van der Waals surface area contributed by atoms with Crippen molar-refractivity contribution < 1.29 is 14.3 Å². The molecule has 0 radical (unpaired) electrons. The number of aromatic nitrogens is 1. The molecule has 1 aromatic carbocycles. The number of hydrogen-bond acceptors (Lipinski definition) is 5. The second-order valence-electron chi connectivity index (χ2n) is 6.08. The minimum absolute atomic E-state index is 0.151. The molecule has 3 aromatic rings. The summed E-state index contributed by atoms with van der Waals surface area (Å²) in [7, 11) is 0. The lowest BCUT2D eigenvalue weighted by atomic mass is 10.1. The minimum Gasteiger partial charge on any atom is -0.451 e. The first kappa shape index (κ1) is 15.4. The Bertz CT molecular complexity index is 872. The lowest BCUT2D eigenvalue weighted by Gasteiger charge is -2.27. The van der Waals surface area contributed by atoms with Crippen LogP contribution in [0.5, 0.6) is 0 Å². The molecule has 1 saturated heterocycles. The van der Waals surface area contributed by atoms with Gasteiger partial charge in [-0.25, -0.2) is 4.98 Å². The third-order valence-corrected chi connectivity index (χ3v) is 5.51. The van der Waals surface area contributed by atoms with E-state index in [0.717, 1.165) is 29.4 Å². The third-order valence-electron chi connectivity index (χ3n) is 4.67. The molecule has 124 valence electrons. The van der Waals surface area contributed by atoms with Crippen molar-refractivity contribution in [1.29, 1.82) is 0 Å². The molecule has 0 spiro atoms. The van der Waals surface area contributed by atoms with Gasteiger partial charge in [-0.05, 0) is 25.8 Å². The monoisotopic (exact) mass is 342 g/mol. The molecule has 0 saturated carbocycles. The lowest BCUT2D eigenvalue weighted by Crippen LogP contribution is -2.39. The van der Waals surface area contributed by atoms with Crippen LogP contribution in [0.2, 0.25) is 0 Å². The van der Waals surface area contributed by atoms with Crippen LogP contribution in [0.15, 0.2) is 40.3 Å². The second-order valence-corrected chi connectivity index (χ2v) is 7.00. The van der Waals surface area contributed by atoms with E-state index in [4.69, 9.17) is 4.42 Å². The fraction of sp³-hybridized carbons (Fsp3) is 0.333. The molecule has 5 nitrogen and oxygen atoms in total. The maximum absolute atomic E-state index is 13.0. The number of thiazole rings is 1. The van der Waals surface area contributed by atoms with Crippen LogP contribution in [0, 0.1) is 6.92 Å². The third kappa shape index (κ3) is 2.42. The topological polar surface area (TPSA) is 66.6 Å². The molecule has 1 amide bonds. The van der Waals surface area contributed by atoms with Gasteiger partial charge in [0.25, 0.3) is 5.91 Å². The van der Waals surface area contributed by atoms with Crippen LogP contribution in [0.4, 0.5) is 0 Å². The quantitative estimate of drug-likeness (QED) is 0.791. The van der Waals surface area contributed by atoms with Gasteiger partial charge in [0.1, 0.15) is 16.7 Å². The van der Waals surface area contributed by atoms with Crippen molar-refractivity contribution >= 4 is 28.2 Å². The summed E-state index contributed by atoms with van der Waals surface area (Å²) in [4.78, 5) is 18.9. The van der Waals surface area contributed by atoms with Crippen molar-refractivity contribution in [3.05, 3.63) is 52.2 Å². The molecule has 0 aliphatic carbocycles. The van der Waals surface area contributed by atoms with Crippen molar-refractivity contribution in [2.75, 3.05) is 6.54 Å². The van der Waals surface area contributed by atoms with E-state index in [1.54, 1.807) is 11.1 Å². The Morgan fingerprint density at radius 3 is 3.04 bits per heavy atom. The zero-order valence-electron chi connectivity index (χ0n) is 13.3. The highest BCUT2D eigenvalue weighted by Crippen LogP contribution is 2.33. The van der Waals surface area contributed by atoms with E-state index in [2.05, 4.69) is 4.98 Å². The number of benzene rings is 1. The number of rotatable bonds is 3. The first-order valence-corrected chi connectivity index (χ1v) is 8.91. The number of nitrogens with zero attached hydrogens (tertiary/aromatic N) is 2. The summed E-state index contributed by atoms with van der Waals surface area (Å²) < 4.78 is 5.81. The van der Waals surface area contributed by atoms with Gasteiger partial charge in [-0.1, -0.05) is 18.2 Å². The van der Waals surface area contributed by atoms with Gasteiger partial charge in [-0.15, -0.1) is 11.3 Å². The number of aryl methyl sites for hydroxylation is 1. The molecule has 24 heavy (non-hydrogen) atoms. The number of aliphatic hydroxyl groups excluding tert-OH is 1. The first-order chi connectivity index (χ1) is 11.7. The molecule has 1 N–H and O–H groups in total. The number of para-hydroxylation sites is 1. The van der Waals surface area contributed by atoms with Crippen LogP contribution >= 0.6 is 11.3 Å². The van der Waals surface area contributed by atoms with E-state index >= 15 is 0 Å². The van der Waals surface area contributed by atoms with Gasteiger partial charge in [0.15, 0.2) is 5.76 Å². The molecule has 2 atom stereocenters. The SMILES string of the molecule is Cc1c(C(=O)N2CCC[C@H]2[C@H](O)c2nccs2)oc2ccccc12. The summed E-state index contributed by atoms with van der Waals surface area (Å²) in [6.45, 7) is 2.53. The average Bonchev–Trinajstić information content (AvgIpc) is 3.34. The van der Waals surface area contributed by atoms with E-state index in [1.807, 2.05) is 36.6 Å². The zero-order valence-corrected chi connectivity index (χ0v) is 14.1.